The van der Waals surface area contributed by atoms with E-state index in [2.05, 4.69) is 0 Å². The second-order valence-electron chi connectivity index (χ2n) is 2.18. The van der Waals surface area contributed by atoms with Crippen molar-refractivity contribution in [2.45, 2.75) is 6.92 Å². The van der Waals surface area contributed by atoms with Gasteiger partial charge in [-0.1, -0.05) is 23.2 Å². The fourth-order valence-electron chi connectivity index (χ4n) is 0.534. The summed E-state index contributed by atoms with van der Waals surface area (Å²) in [5, 5.41) is 9.06. The van der Waals surface area contributed by atoms with Gasteiger partial charge in [-0.2, -0.15) is 0 Å². The van der Waals surface area contributed by atoms with E-state index in [0.29, 0.717) is 11.7 Å². The van der Waals surface area contributed by atoms with E-state index in [1.807, 2.05) is 13.6 Å². The summed E-state index contributed by atoms with van der Waals surface area (Å²) < 4.78 is 5.36. The van der Waals surface area contributed by atoms with Crippen LogP contribution in [0.5, 0.6) is 0 Å². The topological polar surface area (TPSA) is 46.5 Å². The molecule has 0 spiro atoms. The third kappa shape index (κ3) is 9.09. The molecule has 0 radical (unpaired) electrons. The van der Waals surface area contributed by atoms with Crippen LogP contribution in [0.25, 0.3) is 0 Å². The Kier molecular flexibility index (Phi) is 7.55. The molecule has 0 aliphatic carbocycles. The van der Waals surface area contributed by atoms with Gasteiger partial charge in [-0.05, 0) is 13.6 Å². The zero-order valence-electron chi connectivity index (χ0n) is 7.56. The molecule has 0 aromatic rings. The van der Waals surface area contributed by atoms with Crippen LogP contribution in [0.3, 0.4) is 0 Å². The molecular formula is C6H13O3PS3. The number of hydrogen-bond acceptors (Lipinski definition) is 5. The third-order valence-electron chi connectivity index (χ3n) is 0.960. The van der Waals surface area contributed by atoms with Crippen LogP contribution in [0, 0.1) is 0 Å². The van der Waals surface area contributed by atoms with Gasteiger partial charge < -0.3 is 9.63 Å². The molecule has 0 saturated heterocycles. The summed E-state index contributed by atoms with van der Waals surface area (Å²) in [6.45, 7) is 4.46. The summed E-state index contributed by atoms with van der Waals surface area (Å²) in [5.74, 6) is -0.652. The van der Waals surface area contributed by atoms with E-state index in [9.17, 15) is 4.79 Å². The van der Waals surface area contributed by atoms with Gasteiger partial charge in [0.05, 0.1) is 5.75 Å². The summed E-state index contributed by atoms with van der Waals surface area (Å²) in [5.41, 5.74) is -1.72. The molecule has 0 fully saturated rings. The van der Waals surface area contributed by atoms with Gasteiger partial charge in [0, 0.05) is 11.7 Å². The molecule has 0 bridgehead atoms. The zero-order valence-corrected chi connectivity index (χ0v) is 10.9. The first kappa shape index (κ1) is 13.8. The van der Waals surface area contributed by atoms with E-state index >= 15 is 0 Å². The minimum absolute atomic E-state index is 0.133. The van der Waals surface area contributed by atoms with Gasteiger partial charge in [-0.25, -0.2) is 0 Å². The van der Waals surface area contributed by atoms with Crippen LogP contribution in [0.4, 0.5) is 0 Å². The van der Waals surface area contributed by atoms with Crippen molar-refractivity contribution in [3.05, 3.63) is 0 Å². The highest BCUT2D eigenvalue weighted by Gasteiger charge is 2.10. The van der Waals surface area contributed by atoms with Gasteiger partial charge in [0.1, 0.15) is 5.47 Å². The molecule has 0 amide bonds. The van der Waals surface area contributed by atoms with Gasteiger partial charge in [0.2, 0.25) is 0 Å². The number of aliphatic carboxylic acids is 1. The van der Waals surface area contributed by atoms with Gasteiger partial charge >= 0.3 is 5.97 Å². The van der Waals surface area contributed by atoms with Crippen molar-refractivity contribution in [1.29, 1.82) is 0 Å². The number of carboxylic acids is 1. The van der Waals surface area contributed by atoms with Crippen LogP contribution >= 0.6 is 28.6 Å². The van der Waals surface area contributed by atoms with Crippen LogP contribution in [0.1, 0.15) is 6.92 Å². The standard InChI is InChI=1S/C6H13O3PS3/c1-3-9-10(2,11)13-5-12-4-6(7)8/h3-5H2,1-2H3,(H,7,8). The second kappa shape index (κ2) is 7.12. The highest BCUT2D eigenvalue weighted by molar-refractivity contribution is 8.70. The molecule has 0 aromatic heterocycles. The Morgan fingerprint density at radius 1 is 1.69 bits per heavy atom. The number of thioether (sulfide) groups is 1. The number of carboxylic acid groups (broad SMARTS) is 1. The van der Waals surface area contributed by atoms with Crippen molar-refractivity contribution in [3.63, 3.8) is 0 Å². The normalized spacial score (nSPS) is 15.2. The second-order valence-corrected chi connectivity index (χ2v) is 11.5. The first-order valence-electron chi connectivity index (χ1n) is 3.64. The predicted octanol–water partition coefficient (Wildman–Crippen LogP) is 2.47. The Morgan fingerprint density at radius 2 is 2.31 bits per heavy atom. The quantitative estimate of drug-likeness (QED) is 0.431. The summed E-state index contributed by atoms with van der Waals surface area (Å²) in [4.78, 5) is 10.2. The van der Waals surface area contributed by atoms with Crippen LogP contribution in [0.2, 0.25) is 0 Å². The number of carbonyl (C=O) groups is 1. The SMILES string of the molecule is CCOP(C)(=S)SCSCC(=O)O. The fourth-order valence-corrected chi connectivity index (χ4v) is 7.06. The van der Waals surface area contributed by atoms with E-state index in [1.165, 1.54) is 11.8 Å². The summed E-state index contributed by atoms with van der Waals surface area (Å²) in [6.07, 6.45) is 0. The molecule has 78 valence electrons. The lowest BCUT2D eigenvalue weighted by Crippen LogP contribution is -1.97. The summed E-state index contributed by atoms with van der Waals surface area (Å²) in [7, 11) is 0. The maximum absolute atomic E-state index is 10.2. The van der Waals surface area contributed by atoms with E-state index in [0.717, 1.165) is 0 Å². The first-order chi connectivity index (χ1) is 5.98. The van der Waals surface area contributed by atoms with Crippen molar-refractivity contribution < 1.29 is 14.4 Å². The molecular weight excluding hydrogens is 247 g/mol. The lowest BCUT2D eigenvalue weighted by molar-refractivity contribution is -0.133. The maximum atomic E-state index is 10.2. The van der Waals surface area contributed by atoms with E-state index in [1.54, 1.807) is 11.4 Å². The van der Waals surface area contributed by atoms with Gasteiger partial charge in [-0.3, -0.25) is 4.79 Å². The molecule has 0 aliphatic heterocycles. The molecule has 1 unspecified atom stereocenters. The van der Waals surface area contributed by atoms with E-state index in [4.69, 9.17) is 21.4 Å². The lowest BCUT2D eigenvalue weighted by Gasteiger charge is -2.14. The monoisotopic (exact) mass is 260 g/mol. The molecule has 1 atom stereocenters. The fraction of sp³-hybridized carbons (Fsp3) is 0.833. The van der Waals surface area contributed by atoms with Crippen LogP contribution in [-0.2, 0) is 21.1 Å². The zero-order chi connectivity index (χ0) is 10.3. The number of hydrogen-bond donors (Lipinski definition) is 1. The van der Waals surface area contributed by atoms with Crippen molar-refractivity contribution in [2.75, 3.05) is 24.1 Å². The molecule has 7 heteroatoms. The first-order valence-corrected chi connectivity index (χ1v) is 9.55. The molecule has 1 N–H and O–H groups in total. The average Bonchev–Trinajstić information content (AvgIpc) is 1.98. The van der Waals surface area contributed by atoms with Crippen molar-refractivity contribution in [1.82, 2.24) is 0 Å². The van der Waals surface area contributed by atoms with Crippen molar-refractivity contribution >= 4 is 46.4 Å². The molecule has 0 aliphatic rings. The van der Waals surface area contributed by atoms with Crippen LogP contribution in [0.15, 0.2) is 0 Å². The Balaban J connectivity index is 3.52. The third-order valence-corrected chi connectivity index (χ3v) is 7.63. The van der Waals surface area contributed by atoms with Crippen LogP contribution < -0.4 is 0 Å². The smallest absolute Gasteiger partial charge is 0.313 e. The highest BCUT2D eigenvalue weighted by Crippen LogP contribution is 2.57. The Labute approximate surface area is 91.8 Å². The lowest BCUT2D eigenvalue weighted by atomic mass is 10.8. The highest BCUT2D eigenvalue weighted by atomic mass is 32.9. The summed E-state index contributed by atoms with van der Waals surface area (Å²) in [6, 6.07) is 0. The van der Waals surface area contributed by atoms with Crippen molar-refractivity contribution in [2.24, 2.45) is 0 Å². The average molecular weight is 260 g/mol. The summed E-state index contributed by atoms with van der Waals surface area (Å²) >= 11 is 8.12. The van der Waals surface area contributed by atoms with E-state index in [-0.39, 0.29) is 5.75 Å². The van der Waals surface area contributed by atoms with Crippen molar-refractivity contribution in [3.8, 4) is 0 Å². The Hall–Kier alpha value is 0.780. The molecule has 3 nitrogen and oxygen atoms in total. The van der Waals surface area contributed by atoms with Gasteiger partial charge in [0.25, 0.3) is 0 Å². The molecule has 0 saturated carbocycles. The number of rotatable bonds is 7. The molecule has 13 heavy (non-hydrogen) atoms. The largest absolute Gasteiger partial charge is 0.481 e. The van der Waals surface area contributed by atoms with Gasteiger partial charge in [0.15, 0.2) is 0 Å². The molecule has 0 aromatic carbocycles. The molecule has 0 rings (SSSR count). The van der Waals surface area contributed by atoms with E-state index < -0.39 is 11.4 Å². The Bertz CT molecular complexity index is 209. The Morgan fingerprint density at radius 3 is 2.77 bits per heavy atom. The minimum atomic E-state index is -1.72. The minimum Gasteiger partial charge on any atom is -0.481 e. The maximum Gasteiger partial charge on any atom is 0.313 e. The molecule has 0 heterocycles. The van der Waals surface area contributed by atoms with Gasteiger partial charge in [-0.15, -0.1) is 11.8 Å². The predicted molar refractivity (Wildman–Crippen MR) is 64.4 cm³/mol. The van der Waals surface area contributed by atoms with Crippen LogP contribution in [-0.4, -0.2) is 35.2 Å².